The van der Waals surface area contributed by atoms with Gasteiger partial charge >= 0.3 is 0 Å². The molecule has 0 N–H and O–H groups in total. The summed E-state index contributed by atoms with van der Waals surface area (Å²) < 4.78 is 45.0. The predicted molar refractivity (Wildman–Crippen MR) is 181 cm³/mol. The van der Waals surface area contributed by atoms with Gasteiger partial charge in [-0.3, -0.25) is 0 Å². The molecule has 3 aromatic carbocycles. The van der Waals surface area contributed by atoms with Gasteiger partial charge in [-0.15, -0.1) is 0 Å². The first-order valence-corrected chi connectivity index (χ1v) is 18.7. The van der Waals surface area contributed by atoms with Gasteiger partial charge in [-0.1, -0.05) is 112 Å². The molecule has 3 saturated heterocycles. The number of fused-ring (bicyclic) bond motifs is 1. The van der Waals surface area contributed by atoms with Gasteiger partial charge in [0.2, 0.25) is 0 Å². The maximum atomic E-state index is 12.2. The molecule has 9 heteroatoms. The zero-order valence-corrected chi connectivity index (χ0v) is 28.9. The maximum absolute atomic E-state index is 12.2. The van der Waals surface area contributed by atoms with Crippen LogP contribution in [0, 0.1) is 0 Å². The molecule has 3 aliphatic rings. The van der Waals surface area contributed by atoms with E-state index in [9.17, 15) is 4.79 Å². The lowest BCUT2D eigenvalue weighted by Crippen LogP contribution is -2.67. The zero-order chi connectivity index (χ0) is 32.9. The van der Waals surface area contributed by atoms with Crippen molar-refractivity contribution < 1.29 is 37.6 Å². The molecule has 7 atom stereocenters. The lowest BCUT2D eigenvalue weighted by molar-refractivity contribution is -0.349. The van der Waals surface area contributed by atoms with Crippen LogP contribution in [0.1, 0.15) is 52.0 Å². The van der Waals surface area contributed by atoms with E-state index in [4.69, 9.17) is 32.8 Å². The van der Waals surface area contributed by atoms with Gasteiger partial charge in [0.05, 0.1) is 25.4 Å². The standard InChI is InChI=1S/C38H48O8Si/c1-37(2,3)47(30-16-10-6-11-17-30,31-18-12-7-13-19-31)43-26-29-20-22-38(45-29)23-21-32-35(46-38)36(42-27-40-4)34(33(24-39)44-32)41-25-28-14-8-5-9-15-28/h5-19,24,29,32-36H,20-23,25-27H2,1-4H3/t29-,32-,33+,34-,35-,36-,38-/m1/s1. The van der Waals surface area contributed by atoms with Crippen molar-refractivity contribution in [1.82, 2.24) is 0 Å². The average molecular weight is 661 g/mol. The van der Waals surface area contributed by atoms with E-state index in [1.807, 2.05) is 30.3 Å². The van der Waals surface area contributed by atoms with Crippen LogP contribution in [-0.4, -0.2) is 77.5 Å². The number of aldehydes is 1. The molecule has 0 unspecified atom stereocenters. The Morgan fingerprint density at radius 2 is 1.45 bits per heavy atom. The summed E-state index contributed by atoms with van der Waals surface area (Å²) in [5, 5.41) is 2.36. The van der Waals surface area contributed by atoms with Crippen LogP contribution in [0.3, 0.4) is 0 Å². The predicted octanol–water partition coefficient (Wildman–Crippen LogP) is 5.16. The van der Waals surface area contributed by atoms with Crippen LogP contribution in [0.25, 0.3) is 0 Å². The molecule has 3 aliphatic heterocycles. The van der Waals surface area contributed by atoms with Crippen LogP contribution in [0.5, 0.6) is 0 Å². The van der Waals surface area contributed by atoms with Gasteiger partial charge in [0.1, 0.15) is 31.2 Å². The minimum absolute atomic E-state index is 0.0385. The Morgan fingerprint density at radius 1 is 0.830 bits per heavy atom. The van der Waals surface area contributed by atoms with Gasteiger partial charge in [-0.05, 0) is 33.8 Å². The minimum atomic E-state index is -2.71. The monoisotopic (exact) mass is 660 g/mol. The van der Waals surface area contributed by atoms with Gasteiger partial charge in [0.15, 0.2) is 12.1 Å². The highest BCUT2D eigenvalue weighted by Gasteiger charge is 2.57. The molecule has 252 valence electrons. The molecule has 0 bridgehead atoms. The minimum Gasteiger partial charge on any atom is -0.405 e. The van der Waals surface area contributed by atoms with E-state index in [1.165, 1.54) is 10.4 Å². The number of methoxy groups -OCH3 is 1. The van der Waals surface area contributed by atoms with Crippen molar-refractivity contribution in [2.45, 2.75) is 101 Å². The molecular formula is C38H48O8Si. The number of hydrogen-bond donors (Lipinski definition) is 0. The van der Waals surface area contributed by atoms with Crippen LogP contribution < -0.4 is 10.4 Å². The smallest absolute Gasteiger partial charge is 0.261 e. The van der Waals surface area contributed by atoms with Crippen molar-refractivity contribution in [2.24, 2.45) is 0 Å². The maximum Gasteiger partial charge on any atom is 0.261 e. The lowest BCUT2D eigenvalue weighted by Gasteiger charge is -2.50. The average Bonchev–Trinajstić information content (AvgIpc) is 3.49. The second-order valence-electron chi connectivity index (χ2n) is 13.9. The number of benzene rings is 3. The highest BCUT2D eigenvalue weighted by molar-refractivity contribution is 6.99. The van der Waals surface area contributed by atoms with E-state index in [1.54, 1.807) is 7.11 Å². The Bertz CT molecular complexity index is 1380. The summed E-state index contributed by atoms with van der Waals surface area (Å²) in [6, 6.07) is 31.2. The summed E-state index contributed by atoms with van der Waals surface area (Å²) in [4.78, 5) is 12.2. The van der Waals surface area contributed by atoms with Crippen LogP contribution in [-0.2, 0) is 44.2 Å². The Labute approximate surface area is 279 Å². The second kappa shape index (κ2) is 14.8. The Balaban J connectivity index is 1.20. The normalized spacial score (nSPS) is 29.4. The number of carbonyl (C=O) groups excluding carboxylic acids is 1. The Morgan fingerprint density at radius 3 is 2.04 bits per heavy atom. The van der Waals surface area contributed by atoms with Gasteiger partial charge < -0.3 is 37.6 Å². The van der Waals surface area contributed by atoms with Crippen molar-refractivity contribution in [3.05, 3.63) is 96.6 Å². The molecule has 8 nitrogen and oxygen atoms in total. The topological polar surface area (TPSA) is 81.7 Å². The van der Waals surface area contributed by atoms with E-state index in [-0.39, 0.29) is 24.0 Å². The number of ether oxygens (including phenoxy) is 6. The van der Waals surface area contributed by atoms with Crippen molar-refractivity contribution in [3.8, 4) is 0 Å². The van der Waals surface area contributed by atoms with Gasteiger partial charge in [-0.25, -0.2) is 0 Å². The molecule has 3 heterocycles. The molecule has 6 rings (SSSR count). The third kappa shape index (κ3) is 7.18. The molecule has 47 heavy (non-hydrogen) atoms. The highest BCUT2D eigenvalue weighted by Crippen LogP contribution is 2.46. The second-order valence-corrected chi connectivity index (χ2v) is 18.2. The fraction of sp³-hybridized carbons (Fsp3) is 0.500. The molecule has 3 aromatic rings. The SMILES string of the molecule is COCO[C@@H]1[C@H](OCc2ccccc2)[C@H](C=O)O[C@@H]2CC[C@@]3(CC[C@H](CO[Si](c4ccccc4)(c4ccccc4)C(C)(C)C)O3)O[C@@H]12. The first kappa shape index (κ1) is 34.1. The van der Waals surface area contributed by atoms with Crippen LogP contribution in [0.2, 0.25) is 5.04 Å². The largest absolute Gasteiger partial charge is 0.405 e. The first-order chi connectivity index (χ1) is 22.8. The van der Waals surface area contributed by atoms with Gasteiger partial charge in [-0.2, -0.15) is 0 Å². The quantitative estimate of drug-likeness (QED) is 0.150. The van der Waals surface area contributed by atoms with E-state index in [0.29, 0.717) is 26.1 Å². The van der Waals surface area contributed by atoms with E-state index in [0.717, 1.165) is 24.7 Å². The highest BCUT2D eigenvalue weighted by atomic mass is 28.4. The molecule has 1 spiro atoms. The molecular weight excluding hydrogens is 612 g/mol. The van der Waals surface area contributed by atoms with Gasteiger partial charge in [0, 0.05) is 20.0 Å². The third-order valence-corrected chi connectivity index (χ3v) is 14.8. The summed E-state index contributed by atoms with van der Waals surface area (Å²) in [5.41, 5.74) is 0.994. The fourth-order valence-corrected chi connectivity index (χ4v) is 12.2. The Hall–Kier alpha value is -2.73. The number of rotatable bonds is 12. The molecule has 3 fully saturated rings. The number of hydrogen-bond acceptors (Lipinski definition) is 8. The Kier molecular flexibility index (Phi) is 10.8. The van der Waals surface area contributed by atoms with E-state index >= 15 is 0 Å². The van der Waals surface area contributed by atoms with Gasteiger partial charge in [0.25, 0.3) is 8.32 Å². The summed E-state index contributed by atoms with van der Waals surface area (Å²) in [6.07, 6.45) is 0.689. The molecule has 0 radical (unpaired) electrons. The van der Waals surface area contributed by atoms with Crippen LogP contribution in [0.4, 0.5) is 0 Å². The molecule has 0 amide bonds. The van der Waals surface area contributed by atoms with Crippen molar-refractivity contribution in [2.75, 3.05) is 20.5 Å². The van der Waals surface area contributed by atoms with Crippen molar-refractivity contribution >= 4 is 25.0 Å². The summed E-state index contributed by atoms with van der Waals surface area (Å²) >= 11 is 0. The molecule has 0 saturated carbocycles. The van der Waals surface area contributed by atoms with Crippen molar-refractivity contribution in [3.63, 3.8) is 0 Å². The molecule has 0 aromatic heterocycles. The zero-order valence-electron chi connectivity index (χ0n) is 27.9. The summed E-state index contributed by atoms with van der Waals surface area (Å²) in [7, 11) is -1.14. The number of carbonyl (C=O) groups is 1. The molecule has 0 aliphatic carbocycles. The van der Waals surface area contributed by atoms with Crippen LogP contribution >= 0.6 is 0 Å². The first-order valence-electron chi connectivity index (χ1n) is 16.8. The summed E-state index contributed by atoms with van der Waals surface area (Å²) in [6.45, 7) is 7.67. The van der Waals surface area contributed by atoms with E-state index < -0.39 is 38.5 Å². The fourth-order valence-electron chi connectivity index (χ4n) is 7.56. The lowest BCUT2D eigenvalue weighted by atomic mass is 9.87. The third-order valence-electron chi connectivity index (χ3n) is 9.76. The van der Waals surface area contributed by atoms with Crippen molar-refractivity contribution in [1.29, 1.82) is 0 Å². The summed E-state index contributed by atoms with van der Waals surface area (Å²) in [5.74, 6) is -0.795. The van der Waals surface area contributed by atoms with E-state index in [2.05, 4.69) is 81.4 Å². The van der Waals surface area contributed by atoms with Crippen LogP contribution in [0.15, 0.2) is 91.0 Å².